The molecular formula is C19H23NO. The van der Waals surface area contributed by atoms with E-state index in [1.807, 2.05) is 48.5 Å². The highest BCUT2D eigenvalue weighted by Gasteiger charge is 2.20. The Morgan fingerprint density at radius 2 is 1.67 bits per heavy atom. The van der Waals surface area contributed by atoms with Gasteiger partial charge in [0.25, 0.3) is 0 Å². The molecule has 0 fully saturated rings. The van der Waals surface area contributed by atoms with Crippen LogP contribution < -0.4 is 5.32 Å². The molecule has 0 aromatic heterocycles. The van der Waals surface area contributed by atoms with Gasteiger partial charge in [0, 0.05) is 5.69 Å². The predicted molar refractivity (Wildman–Crippen MR) is 88.5 cm³/mol. The van der Waals surface area contributed by atoms with Crippen molar-refractivity contribution in [2.75, 3.05) is 5.32 Å². The molecule has 0 saturated carbocycles. The second-order valence-electron chi connectivity index (χ2n) is 5.25. The summed E-state index contributed by atoms with van der Waals surface area (Å²) in [7, 11) is 0. The van der Waals surface area contributed by atoms with Crippen LogP contribution in [0.15, 0.2) is 54.6 Å². The third-order valence-electron chi connectivity index (χ3n) is 3.75. The van der Waals surface area contributed by atoms with Crippen LogP contribution in [0.25, 0.3) is 0 Å². The molecule has 1 amide bonds. The highest BCUT2D eigenvalue weighted by Crippen LogP contribution is 2.24. The zero-order valence-corrected chi connectivity index (χ0v) is 12.8. The summed E-state index contributed by atoms with van der Waals surface area (Å²) in [5, 5.41) is 3.11. The van der Waals surface area contributed by atoms with Gasteiger partial charge in [0.15, 0.2) is 0 Å². The van der Waals surface area contributed by atoms with Crippen molar-refractivity contribution in [3.05, 3.63) is 65.7 Å². The molecule has 21 heavy (non-hydrogen) atoms. The lowest BCUT2D eigenvalue weighted by atomic mass is 9.93. The normalized spacial score (nSPS) is 11.9. The predicted octanol–water partition coefficient (Wildman–Crippen LogP) is 4.77. The van der Waals surface area contributed by atoms with E-state index in [0.29, 0.717) is 0 Å². The van der Waals surface area contributed by atoms with E-state index < -0.39 is 0 Å². The van der Waals surface area contributed by atoms with Crippen LogP contribution in [0.4, 0.5) is 5.69 Å². The van der Waals surface area contributed by atoms with Gasteiger partial charge in [0.1, 0.15) is 0 Å². The molecule has 2 aromatic carbocycles. The second-order valence-corrected chi connectivity index (χ2v) is 5.25. The van der Waals surface area contributed by atoms with Crippen molar-refractivity contribution >= 4 is 11.6 Å². The van der Waals surface area contributed by atoms with Gasteiger partial charge in [0.2, 0.25) is 5.91 Å². The van der Waals surface area contributed by atoms with E-state index in [4.69, 9.17) is 0 Å². The van der Waals surface area contributed by atoms with Crippen molar-refractivity contribution in [2.24, 2.45) is 0 Å². The van der Waals surface area contributed by atoms with Gasteiger partial charge in [0.05, 0.1) is 5.92 Å². The Bertz CT molecular complexity index is 577. The van der Waals surface area contributed by atoms with Crippen molar-refractivity contribution in [2.45, 2.75) is 39.0 Å². The first-order valence-electron chi connectivity index (χ1n) is 7.70. The van der Waals surface area contributed by atoms with Crippen LogP contribution in [0, 0.1) is 0 Å². The van der Waals surface area contributed by atoms with Crippen molar-refractivity contribution in [1.82, 2.24) is 0 Å². The van der Waals surface area contributed by atoms with E-state index in [1.54, 1.807) is 0 Å². The molecule has 1 unspecified atom stereocenters. The number of nitrogens with one attached hydrogen (secondary N) is 1. The van der Waals surface area contributed by atoms with Crippen molar-refractivity contribution in [3.8, 4) is 0 Å². The molecular weight excluding hydrogens is 258 g/mol. The first kappa shape index (κ1) is 15.3. The van der Waals surface area contributed by atoms with Crippen molar-refractivity contribution < 1.29 is 4.79 Å². The molecule has 0 bridgehead atoms. The van der Waals surface area contributed by atoms with Crippen LogP contribution in [0.2, 0.25) is 0 Å². The summed E-state index contributed by atoms with van der Waals surface area (Å²) in [4.78, 5) is 12.7. The lowest BCUT2D eigenvalue weighted by Gasteiger charge is -2.18. The largest absolute Gasteiger partial charge is 0.325 e. The lowest BCUT2D eigenvalue weighted by molar-refractivity contribution is -0.117. The van der Waals surface area contributed by atoms with E-state index in [2.05, 4.69) is 25.2 Å². The Morgan fingerprint density at radius 1 is 1.00 bits per heavy atom. The molecule has 0 aliphatic carbocycles. The fraction of sp³-hybridized carbons (Fsp3) is 0.316. The molecule has 2 rings (SSSR count). The summed E-state index contributed by atoms with van der Waals surface area (Å²) in [5.41, 5.74) is 3.20. The van der Waals surface area contributed by atoms with Gasteiger partial charge >= 0.3 is 0 Å². The minimum absolute atomic E-state index is 0.0823. The lowest BCUT2D eigenvalue weighted by Crippen LogP contribution is -2.21. The number of para-hydroxylation sites is 1. The summed E-state index contributed by atoms with van der Waals surface area (Å²) >= 11 is 0. The maximum atomic E-state index is 12.7. The monoisotopic (exact) mass is 281 g/mol. The number of rotatable bonds is 6. The zero-order chi connectivity index (χ0) is 15.1. The van der Waals surface area contributed by atoms with Gasteiger partial charge in [-0.05, 0) is 30.0 Å². The van der Waals surface area contributed by atoms with E-state index in [9.17, 15) is 4.79 Å². The molecule has 0 spiro atoms. The molecule has 0 saturated heterocycles. The van der Waals surface area contributed by atoms with E-state index in [1.165, 1.54) is 5.56 Å². The fourth-order valence-electron chi connectivity index (χ4n) is 2.59. The summed E-state index contributed by atoms with van der Waals surface area (Å²) < 4.78 is 0. The minimum atomic E-state index is -0.0823. The Morgan fingerprint density at radius 3 is 2.33 bits per heavy atom. The number of amides is 1. The third-order valence-corrected chi connectivity index (χ3v) is 3.75. The molecule has 0 heterocycles. The average Bonchev–Trinajstić information content (AvgIpc) is 2.53. The van der Waals surface area contributed by atoms with Crippen LogP contribution >= 0.6 is 0 Å². The molecule has 2 nitrogen and oxygen atoms in total. The van der Waals surface area contributed by atoms with Gasteiger partial charge in [-0.2, -0.15) is 0 Å². The molecule has 0 radical (unpaired) electrons. The SMILES string of the molecule is CCCC(C(=O)Nc1ccccc1CC)c1ccccc1. The van der Waals surface area contributed by atoms with E-state index >= 15 is 0 Å². The molecule has 2 heteroatoms. The Hall–Kier alpha value is -2.09. The zero-order valence-electron chi connectivity index (χ0n) is 12.8. The summed E-state index contributed by atoms with van der Waals surface area (Å²) in [5.74, 6) is 0.00469. The molecule has 2 aromatic rings. The Balaban J connectivity index is 2.19. The standard InChI is InChI=1S/C19H23NO/c1-3-10-17(16-12-6-5-7-13-16)19(21)20-18-14-9-8-11-15(18)4-2/h5-9,11-14,17H,3-4,10H2,1-2H3,(H,20,21). The number of aryl methyl sites for hydroxylation is 1. The number of carbonyl (C=O) groups excluding carboxylic acids is 1. The third kappa shape index (κ3) is 3.94. The van der Waals surface area contributed by atoms with Crippen LogP contribution in [0.5, 0.6) is 0 Å². The smallest absolute Gasteiger partial charge is 0.231 e. The second kappa shape index (κ2) is 7.63. The van der Waals surface area contributed by atoms with Gasteiger partial charge in [-0.25, -0.2) is 0 Å². The summed E-state index contributed by atoms with van der Waals surface area (Å²) in [6.07, 6.45) is 2.77. The molecule has 1 atom stereocenters. The van der Waals surface area contributed by atoms with Gasteiger partial charge < -0.3 is 5.32 Å². The van der Waals surface area contributed by atoms with Crippen LogP contribution in [-0.4, -0.2) is 5.91 Å². The molecule has 1 N–H and O–H groups in total. The summed E-state index contributed by atoms with van der Waals surface area (Å²) in [6, 6.07) is 18.0. The maximum Gasteiger partial charge on any atom is 0.231 e. The molecule has 110 valence electrons. The Labute approximate surface area is 127 Å². The van der Waals surface area contributed by atoms with Crippen LogP contribution in [-0.2, 0) is 11.2 Å². The number of carbonyl (C=O) groups is 1. The highest BCUT2D eigenvalue weighted by molar-refractivity contribution is 5.96. The van der Waals surface area contributed by atoms with Crippen LogP contribution in [0.1, 0.15) is 43.7 Å². The summed E-state index contributed by atoms with van der Waals surface area (Å²) in [6.45, 7) is 4.22. The number of benzene rings is 2. The minimum Gasteiger partial charge on any atom is -0.325 e. The first-order chi connectivity index (χ1) is 10.3. The van der Waals surface area contributed by atoms with Gasteiger partial charge in [-0.15, -0.1) is 0 Å². The Kier molecular flexibility index (Phi) is 5.56. The van der Waals surface area contributed by atoms with Crippen LogP contribution in [0.3, 0.4) is 0 Å². The highest BCUT2D eigenvalue weighted by atomic mass is 16.1. The first-order valence-corrected chi connectivity index (χ1v) is 7.70. The molecule has 0 aliphatic heterocycles. The number of hydrogen-bond donors (Lipinski definition) is 1. The number of anilines is 1. The quantitative estimate of drug-likeness (QED) is 0.811. The average molecular weight is 281 g/mol. The maximum absolute atomic E-state index is 12.7. The van der Waals surface area contributed by atoms with Crippen molar-refractivity contribution in [1.29, 1.82) is 0 Å². The van der Waals surface area contributed by atoms with E-state index in [-0.39, 0.29) is 11.8 Å². The number of hydrogen-bond acceptors (Lipinski definition) is 1. The van der Waals surface area contributed by atoms with Crippen molar-refractivity contribution in [3.63, 3.8) is 0 Å². The topological polar surface area (TPSA) is 29.1 Å². The van der Waals surface area contributed by atoms with Gasteiger partial charge in [-0.1, -0.05) is 68.8 Å². The van der Waals surface area contributed by atoms with Gasteiger partial charge in [-0.3, -0.25) is 4.79 Å². The fourth-order valence-corrected chi connectivity index (χ4v) is 2.59. The molecule has 0 aliphatic rings. The van der Waals surface area contributed by atoms with E-state index in [0.717, 1.165) is 30.5 Å².